The Kier molecular flexibility index (Phi) is 8.35. The second-order valence-electron chi connectivity index (χ2n) is 3.23. The van der Waals surface area contributed by atoms with Crippen LogP contribution in [0.3, 0.4) is 0 Å². The molecule has 3 nitrogen and oxygen atoms in total. The van der Waals surface area contributed by atoms with Crippen molar-refractivity contribution in [3.63, 3.8) is 0 Å². The highest BCUT2D eigenvalue weighted by molar-refractivity contribution is 6.35. The second kappa shape index (κ2) is 8.59. The zero-order chi connectivity index (χ0) is 12.0. The van der Waals surface area contributed by atoms with Crippen molar-refractivity contribution in [2.24, 2.45) is 0 Å². The first-order chi connectivity index (χ1) is 7.65. The fourth-order valence-corrected chi connectivity index (χ4v) is 1.58. The number of benzene rings is 1. The second-order valence-corrected chi connectivity index (χ2v) is 4.08. The van der Waals surface area contributed by atoms with E-state index in [-0.39, 0.29) is 18.3 Å². The first-order valence-corrected chi connectivity index (χ1v) is 5.84. The molecule has 96 valence electrons. The maximum absolute atomic E-state index is 11.7. The summed E-state index contributed by atoms with van der Waals surface area (Å²) in [5.41, 5.74) is 0.408. The summed E-state index contributed by atoms with van der Waals surface area (Å²) in [6.45, 7) is 4.19. The molecular formula is C11H15Cl3N2O. The Hall–Kier alpha value is -0.480. The Morgan fingerprint density at radius 2 is 2.00 bits per heavy atom. The highest BCUT2D eigenvalue weighted by Gasteiger charge is 2.09. The molecule has 0 atom stereocenters. The van der Waals surface area contributed by atoms with E-state index in [1.165, 1.54) is 0 Å². The van der Waals surface area contributed by atoms with Gasteiger partial charge in [0.2, 0.25) is 0 Å². The summed E-state index contributed by atoms with van der Waals surface area (Å²) in [7, 11) is 0. The molecular weight excluding hydrogens is 282 g/mol. The molecule has 0 aliphatic heterocycles. The third-order valence-electron chi connectivity index (χ3n) is 2.01. The molecule has 0 aliphatic rings. The Morgan fingerprint density at radius 1 is 1.29 bits per heavy atom. The third kappa shape index (κ3) is 5.59. The Morgan fingerprint density at radius 3 is 2.65 bits per heavy atom. The standard InChI is InChI=1S/C11H14Cl2N2O.ClH/c1-2-14-5-6-15-11(16)9-7-8(12)3-4-10(9)13;/h3-4,7,14H,2,5-6H2,1H3,(H,15,16);1H. The molecule has 1 aromatic rings. The molecule has 0 heterocycles. The van der Waals surface area contributed by atoms with Crippen molar-refractivity contribution in [2.75, 3.05) is 19.6 Å². The molecule has 0 saturated carbocycles. The first-order valence-electron chi connectivity index (χ1n) is 5.09. The van der Waals surface area contributed by atoms with E-state index in [1.54, 1.807) is 18.2 Å². The summed E-state index contributed by atoms with van der Waals surface area (Å²) in [5.74, 6) is -0.203. The van der Waals surface area contributed by atoms with E-state index in [9.17, 15) is 4.79 Å². The van der Waals surface area contributed by atoms with Gasteiger partial charge in [-0.15, -0.1) is 12.4 Å². The lowest BCUT2D eigenvalue weighted by atomic mass is 10.2. The van der Waals surface area contributed by atoms with E-state index in [4.69, 9.17) is 23.2 Å². The summed E-state index contributed by atoms with van der Waals surface area (Å²) in [6, 6.07) is 4.83. The van der Waals surface area contributed by atoms with Gasteiger partial charge in [-0.2, -0.15) is 0 Å². The lowest BCUT2D eigenvalue weighted by Gasteiger charge is -2.07. The van der Waals surface area contributed by atoms with Crippen LogP contribution >= 0.6 is 35.6 Å². The van der Waals surface area contributed by atoms with E-state index in [1.807, 2.05) is 6.92 Å². The molecule has 2 N–H and O–H groups in total. The van der Waals surface area contributed by atoms with Gasteiger partial charge in [-0.1, -0.05) is 30.1 Å². The molecule has 0 aliphatic carbocycles. The van der Waals surface area contributed by atoms with Gasteiger partial charge in [0.05, 0.1) is 10.6 Å². The van der Waals surface area contributed by atoms with Crippen molar-refractivity contribution in [2.45, 2.75) is 6.92 Å². The zero-order valence-electron chi connectivity index (χ0n) is 9.43. The van der Waals surface area contributed by atoms with Crippen LogP contribution in [0.25, 0.3) is 0 Å². The fraction of sp³-hybridized carbons (Fsp3) is 0.364. The first kappa shape index (κ1) is 16.5. The molecule has 0 saturated heterocycles. The van der Waals surface area contributed by atoms with Crippen molar-refractivity contribution < 1.29 is 4.79 Å². The maximum atomic E-state index is 11.7. The average Bonchev–Trinajstić information content (AvgIpc) is 2.27. The molecule has 1 amide bonds. The van der Waals surface area contributed by atoms with Crippen LogP contribution in [-0.2, 0) is 0 Å². The van der Waals surface area contributed by atoms with Crippen LogP contribution in [0.4, 0.5) is 0 Å². The minimum atomic E-state index is -0.203. The number of halogens is 3. The number of carbonyl (C=O) groups is 1. The van der Waals surface area contributed by atoms with Crippen LogP contribution in [0.15, 0.2) is 18.2 Å². The lowest BCUT2D eigenvalue weighted by molar-refractivity contribution is 0.0954. The minimum absolute atomic E-state index is 0. The van der Waals surface area contributed by atoms with Crippen LogP contribution in [-0.4, -0.2) is 25.5 Å². The Labute approximate surface area is 117 Å². The van der Waals surface area contributed by atoms with Crippen LogP contribution in [0.1, 0.15) is 17.3 Å². The molecule has 0 aromatic heterocycles. The molecule has 0 bridgehead atoms. The monoisotopic (exact) mass is 296 g/mol. The van der Waals surface area contributed by atoms with Gasteiger partial charge in [0.1, 0.15) is 0 Å². The van der Waals surface area contributed by atoms with Crippen molar-refractivity contribution in [1.29, 1.82) is 0 Å². The number of rotatable bonds is 5. The fourth-order valence-electron chi connectivity index (χ4n) is 1.21. The van der Waals surface area contributed by atoms with Gasteiger partial charge in [0.25, 0.3) is 5.91 Å². The Bertz CT molecular complexity index is 372. The predicted octanol–water partition coefficient (Wildman–Crippen LogP) is 2.75. The highest BCUT2D eigenvalue weighted by atomic mass is 35.5. The van der Waals surface area contributed by atoms with Crippen LogP contribution in [0.2, 0.25) is 10.0 Å². The Balaban J connectivity index is 0.00000256. The summed E-state index contributed by atoms with van der Waals surface area (Å²) >= 11 is 11.7. The number of carbonyl (C=O) groups excluding carboxylic acids is 1. The van der Waals surface area contributed by atoms with Gasteiger partial charge in [-0.05, 0) is 24.7 Å². The highest BCUT2D eigenvalue weighted by Crippen LogP contribution is 2.20. The van der Waals surface area contributed by atoms with E-state index in [0.29, 0.717) is 22.2 Å². The molecule has 0 spiro atoms. The molecule has 0 radical (unpaired) electrons. The van der Waals surface area contributed by atoms with Gasteiger partial charge in [0, 0.05) is 18.1 Å². The molecule has 0 fully saturated rings. The van der Waals surface area contributed by atoms with Crippen molar-refractivity contribution in [1.82, 2.24) is 10.6 Å². The van der Waals surface area contributed by atoms with Crippen molar-refractivity contribution in [3.05, 3.63) is 33.8 Å². The normalized spacial score (nSPS) is 9.59. The van der Waals surface area contributed by atoms with Gasteiger partial charge >= 0.3 is 0 Å². The zero-order valence-corrected chi connectivity index (χ0v) is 11.8. The van der Waals surface area contributed by atoms with Gasteiger partial charge < -0.3 is 10.6 Å². The van der Waals surface area contributed by atoms with Crippen molar-refractivity contribution in [3.8, 4) is 0 Å². The topological polar surface area (TPSA) is 41.1 Å². The maximum Gasteiger partial charge on any atom is 0.252 e. The van der Waals surface area contributed by atoms with E-state index >= 15 is 0 Å². The van der Waals surface area contributed by atoms with Crippen LogP contribution in [0.5, 0.6) is 0 Å². The number of hydrogen-bond acceptors (Lipinski definition) is 2. The van der Waals surface area contributed by atoms with Gasteiger partial charge in [-0.25, -0.2) is 0 Å². The number of nitrogens with one attached hydrogen (secondary N) is 2. The summed E-state index contributed by atoms with van der Waals surface area (Å²) in [5, 5.41) is 6.77. The van der Waals surface area contributed by atoms with E-state index in [2.05, 4.69) is 10.6 Å². The summed E-state index contributed by atoms with van der Waals surface area (Å²) < 4.78 is 0. The summed E-state index contributed by atoms with van der Waals surface area (Å²) in [4.78, 5) is 11.7. The molecule has 6 heteroatoms. The quantitative estimate of drug-likeness (QED) is 0.821. The molecule has 17 heavy (non-hydrogen) atoms. The number of likely N-dealkylation sites (N-methyl/N-ethyl adjacent to an activating group) is 1. The number of hydrogen-bond donors (Lipinski definition) is 2. The minimum Gasteiger partial charge on any atom is -0.351 e. The molecule has 1 rings (SSSR count). The van der Waals surface area contributed by atoms with Crippen LogP contribution in [0, 0.1) is 0 Å². The van der Waals surface area contributed by atoms with Gasteiger partial charge in [-0.3, -0.25) is 4.79 Å². The number of amides is 1. The smallest absolute Gasteiger partial charge is 0.252 e. The molecule has 0 unspecified atom stereocenters. The lowest BCUT2D eigenvalue weighted by Crippen LogP contribution is -2.31. The predicted molar refractivity (Wildman–Crippen MR) is 74.6 cm³/mol. The van der Waals surface area contributed by atoms with Crippen LogP contribution < -0.4 is 10.6 Å². The largest absolute Gasteiger partial charge is 0.351 e. The SMILES string of the molecule is CCNCCNC(=O)c1cc(Cl)ccc1Cl.Cl. The molecule has 1 aromatic carbocycles. The van der Waals surface area contributed by atoms with E-state index in [0.717, 1.165) is 13.1 Å². The summed E-state index contributed by atoms with van der Waals surface area (Å²) in [6.07, 6.45) is 0. The third-order valence-corrected chi connectivity index (χ3v) is 2.58. The average molecular weight is 298 g/mol. The van der Waals surface area contributed by atoms with Gasteiger partial charge in [0.15, 0.2) is 0 Å². The van der Waals surface area contributed by atoms with Crippen molar-refractivity contribution >= 4 is 41.5 Å². The van der Waals surface area contributed by atoms with E-state index < -0.39 is 0 Å².